The summed E-state index contributed by atoms with van der Waals surface area (Å²) in [5.41, 5.74) is 0. The zero-order valence-corrected chi connectivity index (χ0v) is 10.2. The Morgan fingerprint density at radius 2 is 2.35 bits per heavy atom. The fourth-order valence-corrected chi connectivity index (χ4v) is 2.07. The predicted octanol–water partition coefficient (Wildman–Crippen LogP) is 1.18. The van der Waals surface area contributed by atoms with Crippen molar-refractivity contribution >= 4 is 41.1 Å². The minimum atomic E-state index is -0.949. The second-order valence-corrected chi connectivity index (χ2v) is 4.10. The number of nitrogens with zero attached hydrogens (tertiary/aromatic N) is 2. The molecule has 0 radical (unpaired) electrons. The molecule has 3 N–H and O–H groups in total. The first-order valence-electron chi connectivity index (χ1n) is 4.51. The van der Waals surface area contributed by atoms with E-state index in [1.807, 2.05) is 0 Å². The number of aliphatic carboxylic acids is 1. The number of carboxylic acids is 1. The highest BCUT2D eigenvalue weighted by atomic mass is 35.5. The van der Waals surface area contributed by atoms with Gasteiger partial charge in [-0.3, -0.25) is 0 Å². The number of thioether (sulfide) groups is 1. The minimum Gasteiger partial charge on any atom is -0.504 e. The van der Waals surface area contributed by atoms with Crippen LogP contribution in [0.3, 0.4) is 0 Å². The summed E-state index contributed by atoms with van der Waals surface area (Å²) in [6.07, 6.45) is 1.52. The molecule has 17 heavy (non-hydrogen) atoms. The number of pyridine rings is 1. The van der Waals surface area contributed by atoms with Crippen LogP contribution in [0.1, 0.15) is 0 Å². The van der Waals surface area contributed by atoms with Crippen molar-refractivity contribution in [3.05, 3.63) is 18.3 Å². The summed E-state index contributed by atoms with van der Waals surface area (Å²) in [7, 11) is 0. The third-order valence-electron chi connectivity index (χ3n) is 1.95. The summed E-state index contributed by atoms with van der Waals surface area (Å²) >= 11 is 1.29. The summed E-state index contributed by atoms with van der Waals surface area (Å²) in [5.74, 6) is -0.274. The largest absolute Gasteiger partial charge is 0.504 e. The molecule has 2 heterocycles. The molecule has 0 bridgehead atoms. The number of hydrogen-bond donors (Lipinski definition) is 3. The van der Waals surface area contributed by atoms with E-state index in [1.165, 1.54) is 24.0 Å². The molecule has 0 aliphatic carbocycles. The number of carboxylic acid groups (broad SMARTS) is 1. The fraction of sp³-hybridized carbons (Fsp3) is 0.222. The number of carbonyl (C=O) groups is 1. The van der Waals surface area contributed by atoms with Crippen LogP contribution in [0, 0.1) is 0 Å². The van der Waals surface area contributed by atoms with Crippen LogP contribution in [0.5, 0.6) is 5.75 Å². The maximum atomic E-state index is 10.7. The Balaban J connectivity index is 0.00000144. The van der Waals surface area contributed by atoms with E-state index in [9.17, 15) is 9.90 Å². The highest BCUT2D eigenvalue weighted by Gasteiger charge is 2.24. The normalized spacial score (nSPS) is 18.1. The van der Waals surface area contributed by atoms with Gasteiger partial charge in [0.25, 0.3) is 0 Å². The van der Waals surface area contributed by atoms with Crippen molar-refractivity contribution in [1.29, 1.82) is 0 Å². The first-order chi connectivity index (χ1) is 7.66. The van der Waals surface area contributed by atoms with Crippen molar-refractivity contribution in [3.63, 3.8) is 0 Å². The molecule has 1 aliphatic rings. The van der Waals surface area contributed by atoms with Crippen LogP contribution >= 0.6 is 24.2 Å². The van der Waals surface area contributed by atoms with E-state index >= 15 is 0 Å². The third kappa shape index (κ3) is 3.24. The molecule has 0 saturated carbocycles. The molecule has 2 rings (SSSR count). The van der Waals surface area contributed by atoms with E-state index in [4.69, 9.17) is 5.11 Å². The first-order valence-corrected chi connectivity index (χ1v) is 5.50. The Labute approximate surface area is 108 Å². The molecule has 1 atom stereocenters. The zero-order chi connectivity index (χ0) is 11.5. The Bertz CT molecular complexity index is 455. The third-order valence-corrected chi connectivity index (χ3v) is 2.91. The number of anilines is 1. The van der Waals surface area contributed by atoms with Crippen LogP contribution in [-0.2, 0) is 4.79 Å². The Hall–Kier alpha value is -1.47. The van der Waals surface area contributed by atoms with Crippen LogP contribution in [0.15, 0.2) is 23.3 Å². The quantitative estimate of drug-likeness (QED) is 0.750. The molecule has 1 aromatic rings. The van der Waals surface area contributed by atoms with E-state index in [0.717, 1.165) is 0 Å². The number of aromatic hydroxyl groups is 1. The van der Waals surface area contributed by atoms with Gasteiger partial charge in [-0.15, -0.1) is 12.4 Å². The average Bonchev–Trinajstić information content (AvgIpc) is 2.70. The summed E-state index contributed by atoms with van der Waals surface area (Å²) in [6, 6.07) is 2.37. The number of amidine groups is 1. The fourth-order valence-electron chi connectivity index (χ4n) is 1.16. The summed E-state index contributed by atoms with van der Waals surface area (Å²) < 4.78 is 0. The van der Waals surface area contributed by atoms with Gasteiger partial charge in [-0.05, 0) is 12.1 Å². The summed E-state index contributed by atoms with van der Waals surface area (Å²) in [5, 5.41) is 21.4. The van der Waals surface area contributed by atoms with E-state index in [0.29, 0.717) is 10.9 Å². The molecular weight excluding hydrogens is 266 g/mol. The second-order valence-electron chi connectivity index (χ2n) is 3.10. The Morgan fingerprint density at radius 1 is 1.59 bits per heavy atom. The van der Waals surface area contributed by atoms with Gasteiger partial charge in [0, 0.05) is 11.9 Å². The van der Waals surface area contributed by atoms with Crippen LogP contribution in [0.25, 0.3) is 0 Å². The molecule has 8 heteroatoms. The SMILES string of the molecule is Cl.O=C(O)[C@H]1CSC(Nc2ncccc2O)=N1. The molecule has 0 amide bonds. The summed E-state index contributed by atoms with van der Waals surface area (Å²) in [6.45, 7) is 0. The zero-order valence-electron chi connectivity index (χ0n) is 8.53. The average molecular weight is 276 g/mol. The summed E-state index contributed by atoms with van der Waals surface area (Å²) in [4.78, 5) is 18.5. The monoisotopic (exact) mass is 275 g/mol. The van der Waals surface area contributed by atoms with Gasteiger partial charge < -0.3 is 15.5 Å². The van der Waals surface area contributed by atoms with Crippen molar-refractivity contribution in [2.45, 2.75) is 6.04 Å². The molecule has 0 saturated heterocycles. The Morgan fingerprint density at radius 3 is 2.94 bits per heavy atom. The maximum absolute atomic E-state index is 10.7. The van der Waals surface area contributed by atoms with Gasteiger partial charge in [-0.1, -0.05) is 11.8 Å². The lowest BCUT2D eigenvalue weighted by Crippen LogP contribution is -2.17. The highest BCUT2D eigenvalue weighted by molar-refractivity contribution is 8.14. The van der Waals surface area contributed by atoms with Gasteiger partial charge in [0.15, 0.2) is 22.8 Å². The van der Waals surface area contributed by atoms with E-state index in [2.05, 4.69) is 15.3 Å². The van der Waals surface area contributed by atoms with Crippen molar-refractivity contribution in [3.8, 4) is 5.75 Å². The molecular formula is C9H10ClN3O3S. The number of hydrogen-bond acceptors (Lipinski definition) is 6. The lowest BCUT2D eigenvalue weighted by molar-refractivity contribution is -0.137. The highest BCUT2D eigenvalue weighted by Crippen LogP contribution is 2.24. The lowest BCUT2D eigenvalue weighted by Gasteiger charge is -2.04. The molecule has 0 unspecified atom stereocenters. The second kappa shape index (κ2) is 5.74. The maximum Gasteiger partial charge on any atom is 0.329 e. The van der Waals surface area contributed by atoms with Gasteiger partial charge in [-0.25, -0.2) is 14.8 Å². The smallest absolute Gasteiger partial charge is 0.329 e. The molecule has 6 nitrogen and oxygen atoms in total. The predicted molar refractivity (Wildman–Crippen MR) is 68.1 cm³/mol. The molecule has 1 aliphatic heterocycles. The van der Waals surface area contributed by atoms with E-state index in [1.54, 1.807) is 6.07 Å². The first kappa shape index (κ1) is 13.6. The van der Waals surface area contributed by atoms with Crippen molar-refractivity contribution < 1.29 is 15.0 Å². The number of rotatable bonds is 2. The lowest BCUT2D eigenvalue weighted by atomic mass is 10.4. The van der Waals surface area contributed by atoms with Crippen LogP contribution in [0.2, 0.25) is 0 Å². The Kier molecular flexibility index (Phi) is 4.59. The molecule has 0 aromatic carbocycles. The standard InChI is InChI=1S/C9H9N3O3S.ClH/c13-6-2-1-3-10-7(6)12-9-11-5(4-16-9)8(14)15;/h1-3,5,13H,4H2,(H,14,15)(H,10,11,12);1H/t5-;/m1./s1. The van der Waals surface area contributed by atoms with Crippen LogP contribution in [-0.4, -0.2) is 38.1 Å². The van der Waals surface area contributed by atoms with Crippen LogP contribution in [0.4, 0.5) is 5.82 Å². The van der Waals surface area contributed by atoms with E-state index < -0.39 is 12.0 Å². The number of aromatic nitrogens is 1. The number of halogens is 1. The van der Waals surface area contributed by atoms with Crippen LogP contribution < -0.4 is 5.32 Å². The molecule has 92 valence electrons. The molecule has 1 aromatic heterocycles. The number of aliphatic imine (C=N–C) groups is 1. The van der Waals surface area contributed by atoms with E-state index in [-0.39, 0.29) is 24.0 Å². The van der Waals surface area contributed by atoms with Crippen molar-refractivity contribution in [2.75, 3.05) is 11.1 Å². The van der Waals surface area contributed by atoms with Crippen molar-refractivity contribution in [2.24, 2.45) is 4.99 Å². The van der Waals surface area contributed by atoms with Gasteiger partial charge >= 0.3 is 5.97 Å². The minimum absolute atomic E-state index is 0. The number of nitrogens with one attached hydrogen (secondary N) is 1. The van der Waals surface area contributed by atoms with Gasteiger partial charge in [0.05, 0.1) is 0 Å². The van der Waals surface area contributed by atoms with Crippen molar-refractivity contribution in [1.82, 2.24) is 4.98 Å². The van der Waals surface area contributed by atoms with Gasteiger partial charge in [0.2, 0.25) is 0 Å². The molecule has 0 fully saturated rings. The topological polar surface area (TPSA) is 94.8 Å². The molecule has 0 spiro atoms. The van der Waals surface area contributed by atoms with Gasteiger partial charge in [0.1, 0.15) is 0 Å². The van der Waals surface area contributed by atoms with Gasteiger partial charge in [-0.2, -0.15) is 0 Å².